The van der Waals surface area contributed by atoms with Crippen molar-refractivity contribution in [1.82, 2.24) is 9.78 Å². The van der Waals surface area contributed by atoms with E-state index in [-0.39, 0.29) is 0 Å². The molecule has 1 heterocycles. The lowest BCUT2D eigenvalue weighted by Crippen LogP contribution is -2.20. The van der Waals surface area contributed by atoms with Gasteiger partial charge in [0, 0.05) is 22.3 Å². The Morgan fingerprint density at radius 3 is 2.50 bits per heavy atom. The fraction of sp³-hybridized carbons (Fsp3) is 0.0476. The molecule has 0 atom stereocenters. The van der Waals surface area contributed by atoms with Crippen molar-refractivity contribution in [2.45, 2.75) is 6.54 Å². The summed E-state index contributed by atoms with van der Waals surface area (Å²) in [6.45, 7) is 0.518. The van der Waals surface area contributed by atoms with Crippen molar-refractivity contribution in [3.8, 4) is 0 Å². The van der Waals surface area contributed by atoms with Crippen LogP contribution in [0, 0.1) is 0 Å². The monoisotopic (exact) mass is 426 g/mol. The molecule has 0 radical (unpaired) electrons. The quantitative estimate of drug-likeness (QED) is 0.381. The van der Waals surface area contributed by atoms with E-state index in [1.807, 2.05) is 54.6 Å². The number of nitrogens with one attached hydrogen (secondary N) is 2. The maximum absolute atomic E-state index is 6.33. The number of rotatable bonds is 4. The fourth-order valence-corrected chi connectivity index (χ4v) is 3.56. The standard InChI is InChI=1S/C21H16Cl2N4S/c22-17-10-4-2-7-15(17)12-27-13-18(23)20(26-27)25-21(28)24-19-11-5-8-14-6-1-3-9-16(14)19/h1-11,13H,12H2,(H2,24,25,26,28). The van der Waals surface area contributed by atoms with E-state index in [9.17, 15) is 0 Å². The minimum absolute atomic E-state index is 0.418. The second kappa shape index (κ2) is 8.19. The number of halogens is 2. The zero-order valence-electron chi connectivity index (χ0n) is 14.7. The summed E-state index contributed by atoms with van der Waals surface area (Å²) in [5.41, 5.74) is 1.88. The molecule has 3 aromatic carbocycles. The van der Waals surface area contributed by atoms with E-state index in [1.165, 1.54) is 0 Å². The van der Waals surface area contributed by atoms with Crippen molar-refractivity contribution in [1.29, 1.82) is 0 Å². The second-order valence-electron chi connectivity index (χ2n) is 6.22. The number of hydrogen-bond donors (Lipinski definition) is 2. The van der Waals surface area contributed by atoms with Crippen molar-refractivity contribution in [2.24, 2.45) is 0 Å². The van der Waals surface area contributed by atoms with Gasteiger partial charge in [-0.2, -0.15) is 5.10 Å². The molecule has 0 saturated carbocycles. The summed E-state index contributed by atoms with van der Waals surface area (Å²) in [7, 11) is 0. The van der Waals surface area contributed by atoms with Gasteiger partial charge in [-0.05, 0) is 35.3 Å². The van der Waals surface area contributed by atoms with Gasteiger partial charge >= 0.3 is 0 Å². The van der Waals surface area contributed by atoms with Crippen LogP contribution in [-0.2, 0) is 6.54 Å². The number of anilines is 2. The third-order valence-corrected chi connectivity index (χ3v) is 5.13. The Morgan fingerprint density at radius 1 is 0.893 bits per heavy atom. The van der Waals surface area contributed by atoms with E-state index in [0.717, 1.165) is 22.0 Å². The van der Waals surface area contributed by atoms with Gasteiger partial charge in [-0.25, -0.2) is 0 Å². The molecule has 0 spiro atoms. The van der Waals surface area contributed by atoms with Crippen molar-refractivity contribution in [3.63, 3.8) is 0 Å². The molecule has 28 heavy (non-hydrogen) atoms. The van der Waals surface area contributed by atoms with Crippen LogP contribution < -0.4 is 10.6 Å². The fourth-order valence-electron chi connectivity index (χ4n) is 2.96. The van der Waals surface area contributed by atoms with Crippen LogP contribution in [0.2, 0.25) is 10.0 Å². The molecular weight excluding hydrogens is 411 g/mol. The van der Waals surface area contributed by atoms with E-state index in [1.54, 1.807) is 10.9 Å². The van der Waals surface area contributed by atoms with Crippen LogP contribution >= 0.6 is 35.4 Å². The molecule has 0 aliphatic carbocycles. The number of benzene rings is 3. The Morgan fingerprint density at radius 2 is 1.64 bits per heavy atom. The van der Waals surface area contributed by atoms with Crippen molar-refractivity contribution < 1.29 is 0 Å². The van der Waals surface area contributed by atoms with Crippen LogP contribution in [-0.4, -0.2) is 14.9 Å². The van der Waals surface area contributed by atoms with Gasteiger partial charge in [-0.1, -0.05) is 77.8 Å². The number of hydrogen-bond acceptors (Lipinski definition) is 2. The third kappa shape index (κ3) is 4.12. The summed E-state index contributed by atoms with van der Waals surface area (Å²) >= 11 is 18.0. The summed E-state index contributed by atoms with van der Waals surface area (Å²) in [5.74, 6) is 0.492. The molecule has 0 saturated heterocycles. The van der Waals surface area contributed by atoms with Gasteiger partial charge in [-0.15, -0.1) is 0 Å². The molecule has 0 unspecified atom stereocenters. The van der Waals surface area contributed by atoms with E-state index in [0.29, 0.717) is 27.5 Å². The topological polar surface area (TPSA) is 41.9 Å². The maximum atomic E-state index is 6.33. The highest BCUT2D eigenvalue weighted by molar-refractivity contribution is 7.80. The van der Waals surface area contributed by atoms with Gasteiger partial charge < -0.3 is 10.6 Å². The second-order valence-corrected chi connectivity index (χ2v) is 7.44. The van der Waals surface area contributed by atoms with Gasteiger partial charge in [0.2, 0.25) is 0 Å². The minimum Gasteiger partial charge on any atom is -0.332 e. The Labute approximate surface area is 178 Å². The lowest BCUT2D eigenvalue weighted by atomic mass is 10.1. The highest BCUT2D eigenvalue weighted by Gasteiger charge is 2.11. The number of nitrogens with zero attached hydrogens (tertiary/aromatic N) is 2. The summed E-state index contributed by atoms with van der Waals surface area (Å²) in [5, 5.41) is 14.6. The SMILES string of the molecule is S=C(Nc1nn(Cc2ccccc2Cl)cc1Cl)Nc1cccc2ccccc12. The van der Waals surface area contributed by atoms with E-state index < -0.39 is 0 Å². The molecule has 4 rings (SSSR count). The Kier molecular flexibility index (Phi) is 5.48. The molecule has 2 N–H and O–H groups in total. The zero-order valence-corrected chi connectivity index (χ0v) is 17.0. The van der Waals surface area contributed by atoms with E-state index >= 15 is 0 Å². The number of fused-ring (bicyclic) bond motifs is 1. The number of aromatic nitrogens is 2. The predicted molar refractivity (Wildman–Crippen MR) is 122 cm³/mol. The van der Waals surface area contributed by atoms with Crippen molar-refractivity contribution in [3.05, 3.63) is 88.5 Å². The Hall–Kier alpha value is -2.60. The summed E-state index contributed by atoms with van der Waals surface area (Å²) < 4.78 is 1.73. The first-order valence-electron chi connectivity index (χ1n) is 8.62. The maximum Gasteiger partial charge on any atom is 0.176 e. The molecule has 0 aliphatic heterocycles. The summed E-state index contributed by atoms with van der Waals surface area (Å²) in [6, 6.07) is 21.8. The van der Waals surface area contributed by atoms with Crippen LogP contribution in [0.15, 0.2) is 72.9 Å². The third-order valence-electron chi connectivity index (χ3n) is 4.28. The summed E-state index contributed by atoms with van der Waals surface area (Å²) in [4.78, 5) is 0. The van der Waals surface area contributed by atoms with Gasteiger partial charge in [0.05, 0.1) is 6.54 Å². The first-order valence-corrected chi connectivity index (χ1v) is 9.79. The van der Waals surface area contributed by atoms with Crippen LogP contribution in [0.1, 0.15) is 5.56 Å². The Balaban J connectivity index is 1.49. The molecule has 140 valence electrons. The molecule has 0 fully saturated rings. The Bertz CT molecular complexity index is 1150. The average Bonchev–Trinajstić information content (AvgIpc) is 3.03. The van der Waals surface area contributed by atoms with Crippen LogP contribution in [0.4, 0.5) is 11.5 Å². The molecular formula is C21H16Cl2N4S. The highest BCUT2D eigenvalue weighted by atomic mass is 35.5. The number of thiocarbonyl (C=S) groups is 1. The molecule has 0 amide bonds. The molecule has 7 heteroatoms. The van der Waals surface area contributed by atoms with E-state index in [4.69, 9.17) is 35.4 Å². The minimum atomic E-state index is 0.418. The van der Waals surface area contributed by atoms with Crippen molar-refractivity contribution >= 4 is 62.8 Å². The van der Waals surface area contributed by atoms with Crippen LogP contribution in [0.3, 0.4) is 0 Å². The van der Waals surface area contributed by atoms with Gasteiger partial charge in [0.15, 0.2) is 10.9 Å². The summed E-state index contributed by atoms with van der Waals surface area (Å²) in [6.07, 6.45) is 1.74. The lowest BCUT2D eigenvalue weighted by molar-refractivity contribution is 0.690. The van der Waals surface area contributed by atoms with Gasteiger partial charge in [0.25, 0.3) is 0 Å². The van der Waals surface area contributed by atoms with Gasteiger partial charge in [-0.3, -0.25) is 4.68 Å². The molecule has 1 aromatic heterocycles. The lowest BCUT2D eigenvalue weighted by Gasteiger charge is -2.11. The first kappa shape index (κ1) is 18.7. The van der Waals surface area contributed by atoms with E-state index in [2.05, 4.69) is 27.9 Å². The van der Waals surface area contributed by atoms with Crippen LogP contribution in [0.5, 0.6) is 0 Å². The average molecular weight is 427 g/mol. The zero-order chi connectivity index (χ0) is 19.5. The predicted octanol–water partition coefficient (Wildman–Crippen LogP) is 6.20. The molecule has 0 bridgehead atoms. The highest BCUT2D eigenvalue weighted by Crippen LogP contribution is 2.25. The smallest absolute Gasteiger partial charge is 0.176 e. The molecule has 0 aliphatic rings. The van der Waals surface area contributed by atoms with Gasteiger partial charge in [0.1, 0.15) is 5.02 Å². The normalized spacial score (nSPS) is 10.8. The first-order chi connectivity index (χ1) is 13.6. The largest absolute Gasteiger partial charge is 0.332 e. The van der Waals surface area contributed by atoms with Crippen LogP contribution in [0.25, 0.3) is 10.8 Å². The molecule has 4 aromatic rings. The van der Waals surface area contributed by atoms with Crippen molar-refractivity contribution in [2.75, 3.05) is 10.6 Å². The molecule has 4 nitrogen and oxygen atoms in total.